The molecule has 2 rings (SSSR count). The molecular weight excluding hydrogens is 226 g/mol. The molecule has 1 fully saturated rings. The molecule has 1 N–H and O–H groups in total. The van der Waals surface area contributed by atoms with E-state index in [1.54, 1.807) is 4.90 Å². The first-order valence-electron chi connectivity index (χ1n) is 6.43. The van der Waals surface area contributed by atoms with Gasteiger partial charge in [-0.2, -0.15) is 0 Å². The largest absolute Gasteiger partial charge is 0.323 e. The fourth-order valence-corrected chi connectivity index (χ4v) is 2.13. The number of carbonyl (C=O) groups is 1. The number of hydrogen-bond acceptors (Lipinski definition) is 2. The Morgan fingerprint density at radius 2 is 1.89 bits per heavy atom. The van der Waals surface area contributed by atoms with E-state index in [0.717, 1.165) is 26.2 Å². The summed E-state index contributed by atoms with van der Waals surface area (Å²) >= 11 is 0. The average Bonchev–Trinajstić information content (AvgIpc) is 2.41. The van der Waals surface area contributed by atoms with Crippen molar-refractivity contribution in [1.82, 2.24) is 15.1 Å². The molecule has 18 heavy (non-hydrogen) atoms. The lowest BCUT2D eigenvalue weighted by atomic mass is 10.1. The van der Waals surface area contributed by atoms with Gasteiger partial charge in [-0.15, -0.1) is 0 Å². The highest BCUT2D eigenvalue weighted by Gasteiger charge is 2.19. The Labute approximate surface area is 109 Å². The molecule has 4 nitrogen and oxygen atoms in total. The summed E-state index contributed by atoms with van der Waals surface area (Å²) in [5.41, 5.74) is 2.42. The number of nitrogens with one attached hydrogen (secondary N) is 1. The highest BCUT2D eigenvalue weighted by molar-refractivity contribution is 5.74. The molecule has 4 heteroatoms. The van der Waals surface area contributed by atoms with Crippen molar-refractivity contribution in [2.75, 3.05) is 33.2 Å². The number of benzene rings is 1. The SMILES string of the molecule is Cc1ccc(CN(C)C(=O)N2CCNCC2)cc1. The predicted octanol–water partition coefficient (Wildman–Crippen LogP) is 1.45. The average molecular weight is 247 g/mol. The second-order valence-corrected chi connectivity index (χ2v) is 4.86. The first-order valence-corrected chi connectivity index (χ1v) is 6.43. The summed E-state index contributed by atoms with van der Waals surface area (Å²) in [6, 6.07) is 8.45. The van der Waals surface area contributed by atoms with Crippen molar-refractivity contribution in [2.24, 2.45) is 0 Å². The quantitative estimate of drug-likeness (QED) is 0.858. The summed E-state index contributed by atoms with van der Waals surface area (Å²) in [7, 11) is 1.87. The van der Waals surface area contributed by atoms with Gasteiger partial charge in [0.15, 0.2) is 0 Å². The molecule has 1 aliphatic rings. The third kappa shape index (κ3) is 3.23. The molecule has 1 aromatic carbocycles. The van der Waals surface area contributed by atoms with E-state index in [4.69, 9.17) is 0 Å². The van der Waals surface area contributed by atoms with Gasteiger partial charge in [0.1, 0.15) is 0 Å². The summed E-state index contributed by atoms with van der Waals surface area (Å²) in [6.07, 6.45) is 0. The minimum absolute atomic E-state index is 0.122. The lowest BCUT2D eigenvalue weighted by Gasteiger charge is -2.31. The van der Waals surface area contributed by atoms with Crippen LogP contribution in [0.4, 0.5) is 4.79 Å². The molecule has 1 aromatic rings. The standard InChI is InChI=1S/C14H21N3O/c1-12-3-5-13(6-4-12)11-16(2)14(18)17-9-7-15-8-10-17/h3-6,15H,7-11H2,1-2H3. The summed E-state index contributed by atoms with van der Waals surface area (Å²) in [4.78, 5) is 15.9. The zero-order valence-electron chi connectivity index (χ0n) is 11.1. The van der Waals surface area contributed by atoms with Gasteiger partial charge in [-0.25, -0.2) is 4.79 Å². The molecule has 0 bridgehead atoms. The maximum Gasteiger partial charge on any atom is 0.320 e. The molecule has 2 amide bonds. The molecule has 0 aromatic heterocycles. The zero-order chi connectivity index (χ0) is 13.0. The summed E-state index contributed by atoms with van der Waals surface area (Å²) < 4.78 is 0. The van der Waals surface area contributed by atoms with Crippen LogP contribution in [-0.4, -0.2) is 49.1 Å². The summed E-state index contributed by atoms with van der Waals surface area (Å²) in [6.45, 7) is 6.13. The minimum Gasteiger partial charge on any atom is -0.323 e. The van der Waals surface area contributed by atoms with Crippen LogP contribution >= 0.6 is 0 Å². The molecular formula is C14H21N3O. The fraction of sp³-hybridized carbons (Fsp3) is 0.500. The van der Waals surface area contributed by atoms with Gasteiger partial charge in [-0.05, 0) is 12.5 Å². The Balaban J connectivity index is 1.92. The predicted molar refractivity (Wildman–Crippen MR) is 72.5 cm³/mol. The normalized spacial score (nSPS) is 15.6. The highest BCUT2D eigenvalue weighted by Crippen LogP contribution is 2.08. The van der Waals surface area contributed by atoms with Crippen LogP contribution in [0.25, 0.3) is 0 Å². The molecule has 0 atom stereocenters. The van der Waals surface area contributed by atoms with Gasteiger partial charge in [0, 0.05) is 39.8 Å². The number of amides is 2. The van der Waals surface area contributed by atoms with E-state index in [2.05, 4.69) is 36.5 Å². The number of hydrogen-bond donors (Lipinski definition) is 1. The van der Waals surface area contributed by atoms with Crippen LogP contribution in [0.15, 0.2) is 24.3 Å². The Kier molecular flexibility index (Phi) is 4.20. The van der Waals surface area contributed by atoms with Crippen molar-refractivity contribution in [2.45, 2.75) is 13.5 Å². The van der Waals surface area contributed by atoms with Gasteiger partial charge >= 0.3 is 6.03 Å². The second-order valence-electron chi connectivity index (χ2n) is 4.86. The lowest BCUT2D eigenvalue weighted by Crippen LogP contribution is -2.50. The van der Waals surface area contributed by atoms with Crippen LogP contribution in [-0.2, 0) is 6.54 Å². The smallest absolute Gasteiger partial charge is 0.320 e. The number of rotatable bonds is 2. The third-order valence-corrected chi connectivity index (χ3v) is 3.25. The van der Waals surface area contributed by atoms with E-state index < -0.39 is 0 Å². The van der Waals surface area contributed by atoms with E-state index in [9.17, 15) is 4.79 Å². The molecule has 0 spiro atoms. The van der Waals surface area contributed by atoms with E-state index in [1.165, 1.54) is 11.1 Å². The minimum atomic E-state index is 0.122. The number of carbonyl (C=O) groups excluding carboxylic acids is 1. The fourth-order valence-electron chi connectivity index (χ4n) is 2.13. The van der Waals surface area contributed by atoms with Crippen LogP contribution < -0.4 is 5.32 Å². The van der Waals surface area contributed by atoms with Crippen molar-refractivity contribution >= 4 is 6.03 Å². The van der Waals surface area contributed by atoms with Gasteiger partial charge in [0.25, 0.3) is 0 Å². The van der Waals surface area contributed by atoms with Crippen molar-refractivity contribution in [3.05, 3.63) is 35.4 Å². The Hall–Kier alpha value is -1.55. The van der Waals surface area contributed by atoms with Crippen molar-refractivity contribution in [3.8, 4) is 0 Å². The molecule has 1 heterocycles. The first kappa shape index (κ1) is 12.9. The number of piperazine rings is 1. The maximum atomic E-state index is 12.2. The highest BCUT2D eigenvalue weighted by atomic mass is 16.2. The first-order chi connectivity index (χ1) is 8.66. The topological polar surface area (TPSA) is 35.6 Å². The Morgan fingerprint density at radius 3 is 2.50 bits per heavy atom. The molecule has 1 aliphatic heterocycles. The Morgan fingerprint density at radius 1 is 1.28 bits per heavy atom. The van der Waals surface area contributed by atoms with Crippen LogP contribution in [0.3, 0.4) is 0 Å². The van der Waals surface area contributed by atoms with Gasteiger partial charge < -0.3 is 15.1 Å². The van der Waals surface area contributed by atoms with E-state index in [1.807, 2.05) is 11.9 Å². The number of nitrogens with zero attached hydrogens (tertiary/aromatic N) is 2. The van der Waals surface area contributed by atoms with Crippen molar-refractivity contribution in [3.63, 3.8) is 0 Å². The van der Waals surface area contributed by atoms with Gasteiger partial charge in [0.2, 0.25) is 0 Å². The maximum absolute atomic E-state index is 12.2. The number of aryl methyl sites for hydroxylation is 1. The van der Waals surface area contributed by atoms with Crippen LogP contribution in [0.1, 0.15) is 11.1 Å². The Bertz CT molecular complexity index is 396. The van der Waals surface area contributed by atoms with Crippen LogP contribution in [0.2, 0.25) is 0 Å². The summed E-state index contributed by atoms with van der Waals surface area (Å²) in [5, 5.41) is 3.25. The van der Waals surface area contributed by atoms with Gasteiger partial charge in [-0.3, -0.25) is 0 Å². The van der Waals surface area contributed by atoms with Gasteiger partial charge in [0.05, 0.1) is 0 Å². The zero-order valence-corrected chi connectivity index (χ0v) is 11.1. The molecule has 0 radical (unpaired) electrons. The molecule has 0 saturated carbocycles. The van der Waals surface area contributed by atoms with E-state index in [0.29, 0.717) is 6.54 Å². The van der Waals surface area contributed by atoms with Crippen molar-refractivity contribution in [1.29, 1.82) is 0 Å². The van der Waals surface area contributed by atoms with Crippen LogP contribution in [0, 0.1) is 6.92 Å². The lowest BCUT2D eigenvalue weighted by molar-refractivity contribution is 0.154. The monoisotopic (exact) mass is 247 g/mol. The van der Waals surface area contributed by atoms with Crippen LogP contribution in [0.5, 0.6) is 0 Å². The summed E-state index contributed by atoms with van der Waals surface area (Å²) in [5.74, 6) is 0. The third-order valence-electron chi connectivity index (χ3n) is 3.25. The molecule has 1 saturated heterocycles. The second kappa shape index (κ2) is 5.87. The van der Waals surface area contributed by atoms with E-state index in [-0.39, 0.29) is 6.03 Å². The van der Waals surface area contributed by atoms with E-state index >= 15 is 0 Å². The van der Waals surface area contributed by atoms with Gasteiger partial charge in [-0.1, -0.05) is 29.8 Å². The molecule has 0 aliphatic carbocycles. The molecule has 98 valence electrons. The van der Waals surface area contributed by atoms with Crippen molar-refractivity contribution < 1.29 is 4.79 Å². The molecule has 0 unspecified atom stereocenters. The number of urea groups is 1.